The van der Waals surface area contributed by atoms with Crippen LogP contribution < -0.4 is 5.32 Å². The topological polar surface area (TPSA) is 41.1 Å². The summed E-state index contributed by atoms with van der Waals surface area (Å²) in [5, 5.41) is 3.91. The van der Waals surface area contributed by atoms with E-state index in [4.69, 9.17) is 11.6 Å². The molecule has 3 rings (SSSR count). The predicted octanol–water partition coefficient (Wildman–Crippen LogP) is 3.43. The molecule has 1 saturated heterocycles. The summed E-state index contributed by atoms with van der Waals surface area (Å²) in [4.78, 5) is 11.3. The van der Waals surface area contributed by atoms with Crippen molar-refractivity contribution in [3.8, 4) is 0 Å². The van der Waals surface area contributed by atoms with Crippen LogP contribution in [0.15, 0.2) is 30.3 Å². The predicted molar refractivity (Wildman–Crippen MR) is 90.3 cm³/mol. The molecule has 0 spiro atoms. The highest BCUT2D eigenvalue weighted by molar-refractivity contribution is 6.31. The molecule has 116 valence electrons. The lowest BCUT2D eigenvalue weighted by Crippen LogP contribution is -2.26. The Morgan fingerprint density at radius 2 is 1.91 bits per heavy atom. The fourth-order valence-corrected chi connectivity index (χ4v) is 3.02. The van der Waals surface area contributed by atoms with Gasteiger partial charge in [-0.2, -0.15) is 0 Å². The van der Waals surface area contributed by atoms with Gasteiger partial charge in [-0.25, -0.2) is 9.97 Å². The van der Waals surface area contributed by atoms with E-state index in [-0.39, 0.29) is 0 Å². The van der Waals surface area contributed by atoms with Gasteiger partial charge < -0.3 is 5.32 Å². The number of rotatable bonds is 4. The summed E-state index contributed by atoms with van der Waals surface area (Å²) >= 11 is 6.20. The number of aryl methyl sites for hydroxylation is 2. The molecule has 0 amide bonds. The van der Waals surface area contributed by atoms with Crippen molar-refractivity contribution in [3.05, 3.63) is 52.4 Å². The Bertz CT molecular complexity index is 645. The van der Waals surface area contributed by atoms with E-state index in [1.54, 1.807) is 0 Å². The molecule has 0 bridgehead atoms. The molecule has 0 radical (unpaired) electrons. The minimum atomic E-state index is 0.373. The Hall–Kier alpha value is -1.65. The summed E-state index contributed by atoms with van der Waals surface area (Å²) in [6.45, 7) is 6.96. The highest BCUT2D eigenvalue weighted by Gasteiger charge is 2.23. The first-order valence-corrected chi connectivity index (χ1v) is 8.03. The first kappa shape index (κ1) is 15.3. The van der Waals surface area contributed by atoms with Crippen LogP contribution in [0.25, 0.3) is 0 Å². The van der Waals surface area contributed by atoms with Crippen molar-refractivity contribution in [2.75, 3.05) is 18.4 Å². The van der Waals surface area contributed by atoms with Gasteiger partial charge in [-0.3, -0.25) is 4.90 Å². The van der Waals surface area contributed by atoms with E-state index in [0.717, 1.165) is 37.4 Å². The number of benzene rings is 1. The number of hydrogen-bond acceptors (Lipinski definition) is 4. The standard InChI is InChI=1S/C17H21ClN4/c1-12-13(2)20-17(16(18)19-12)21-15-8-9-22(11-15)10-14-6-4-3-5-7-14/h3-7,15H,8-11H2,1-2H3,(H,20,21). The third-order valence-corrected chi connectivity index (χ3v) is 4.39. The van der Waals surface area contributed by atoms with E-state index in [2.05, 4.69) is 50.5 Å². The summed E-state index contributed by atoms with van der Waals surface area (Å²) < 4.78 is 0. The van der Waals surface area contributed by atoms with Crippen molar-refractivity contribution in [2.24, 2.45) is 0 Å². The van der Waals surface area contributed by atoms with Gasteiger partial charge in [-0.05, 0) is 25.8 Å². The fourth-order valence-electron chi connectivity index (χ4n) is 2.80. The average molecular weight is 317 g/mol. The van der Waals surface area contributed by atoms with Crippen molar-refractivity contribution < 1.29 is 0 Å². The monoisotopic (exact) mass is 316 g/mol. The quantitative estimate of drug-likeness (QED) is 0.938. The van der Waals surface area contributed by atoms with E-state index in [1.807, 2.05) is 13.8 Å². The Balaban J connectivity index is 1.60. The Kier molecular flexibility index (Phi) is 4.60. The number of anilines is 1. The number of likely N-dealkylation sites (tertiary alicyclic amines) is 1. The molecule has 5 heteroatoms. The molecule has 1 aliphatic heterocycles. The Morgan fingerprint density at radius 1 is 1.18 bits per heavy atom. The van der Waals surface area contributed by atoms with Crippen molar-refractivity contribution in [1.82, 2.24) is 14.9 Å². The molecule has 1 unspecified atom stereocenters. The van der Waals surface area contributed by atoms with Crippen molar-refractivity contribution in [3.63, 3.8) is 0 Å². The van der Waals surface area contributed by atoms with Crippen molar-refractivity contribution in [1.29, 1.82) is 0 Å². The largest absolute Gasteiger partial charge is 0.363 e. The van der Waals surface area contributed by atoms with Gasteiger partial charge in [-0.1, -0.05) is 41.9 Å². The summed E-state index contributed by atoms with van der Waals surface area (Å²) in [7, 11) is 0. The number of aromatic nitrogens is 2. The zero-order valence-corrected chi connectivity index (χ0v) is 13.8. The van der Waals surface area contributed by atoms with Crippen molar-refractivity contribution >= 4 is 17.4 Å². The van der Waals surface area contributed by atoms with E-state index in [9.17, 15) is 0 Å². The first-order chi connectivity index (χ1) is 10.6. The second kappa shape index (κ2) is 6.63. The molecule has 1 N–H and O–H groups in total. The molecule has 1 fully saturated rings. The zero-order chi connectivity index (χ0) is 15.5. The van der Waals surface area contributed by atoms with E-state index in [0.29, 0.717) is 17.0 Å². The molecule has 4 nitrogen and oxygen atoms in total. The molecular formula is C17H21ClN4. The molecule has 22 heavy (non-hydrogen) atoms. The fraction of sp³-hybridized carbons (Fsp3) is 0.412. The van der Waals surface area contributed by atoms with Crippen LogP contribution in [0, 0.1) is 13.8 Å². The molecule has 0 aliphatic carbocycles. The lowest BCUT2D eigenvalue weighted by atomic mass is 10.2. The van der Waals surface area contributed by atoms with E-state index < -0.39 is 0 Å². The minimum Gasteiger partial charge on any atom is -0.363 e. The van der Waals surface area contributed by atoms with Crippen molar-refractivity contribution in [2.45, 2.75) is 32.9 Å². The molecule has 1 aromatic carbocycles. The first-order valence-electron chi connectivity index (χ1n) is 7.65. The molecule has 0 saturated carbocycles. The number of nitrogens with zero attached hydrogens (tertiary/aromatic N) is 3. The highest BCUT2D eigenvalue weighted by Crippen LogP contribution is 2.22. The molecular weight excluding hydrogens is 296 g/mol. The van der Waals surface area contributed by atoms with Crippen LogP contribution in [0.2, 0.25) is 5.15 Å². The SMILES string of the molecule is Cc1nc(Cl)c(NC2CCN(Cc3ccccc3)C2)nc1C. The lowest BCUT2D eigenvalue weighted by Gasteiger charge is -2.17. The summed E-state index contributed by atoms with van der Waals surface area (Å²) in [5.74, 6) is 0.705. The summed E-state index contributed by atoms with van der Waals surface area (Å²) in [6.07, 6.45) is 1.10. The second-order valence-corrected chi connectivity index (χ2v) is 6.24. The van der Waals surface area contributed by atoms with Crippen LogP contribution in [-0.2, 0) is 6.54 Å². The molecule has 1 aliphatic rings. The van der Waals surface area contributed by atoms with Crippen LogP contribution >= 0.6 is 11.6 Å². The van der Waals surface area contributed by atoms with Gasteiger partial charge in [0.25, 0.3) is 0 Å². The van der Waals surface area contributed by atoms with Crippen LogP contribution in [0.3, 0.4) is 0 Å². The Morgan fingerprint density at radius 3 is 2.68 bits per heavy atom. The normalized spacial score (nSPS) is 18.6. The smallest absolute Gasteiger partial charge is 0.171 e. The lowest BCUT2D eigenvalue weighted by molar-refractivity contribution is 0.328. The number of hydrogen-bond donors (Lipinski definition) is 1. The van der Waals surface area contributed by atoms with Gasteiger partial charge in [0.1, 0.15) is 0 Å². The number of nitrogens with one attached hydrogen (secondary N) is 1. The van der Waals surface area contributed by atoms with E-state index >= 15 is 0 Å². The summed E-state index contributed by atoms with van der Waals surface area (Å²) in [5.41, 5.74) is 3.16. The van der Waals surface area contributed by atoms with Gasteiger partial charge in [0.05, 0.1) is 11.4 Å². The van der Waals surface area contributed by atoms with Gasteiger partial charge >= 0.3 is 0 Å². The minimum absolute atomic E-state index is 0.373. The highest BCUT2D eigenvalue weighted by atomic mass is 35.5. The van der Waals surface area contributed by atoms with Crippen LogP contribution in [0.1, 0.15) is 23.4 Å². The van der Waals surface area contributed by atoms with Crippen LogP contribution in [-0.4, -0.2) is 34.0 Å². The maximum Gasteiger partial charge on any atom is 0.171 e. The molecule has 2 aromatic rings. The maximum absolute atomic E-state index is 6.20. The molecule has 2 heterocycles. The third-order valence-electron chi connectivity index (χ3n) is 4.13. The number of halogens is 1. The average Bonchev–Trinajstić information content (AvgIpc) is 2.93. The van der Waals surface area contributed by atoms with E-state index in [1.165, 1.54) is 5.56 Å². The van der Waals surface area contributed by atoms with Gasteiger partial charge in [0, 0.05) is 25.7 Å². The zero-order valence-electron chi connectivity index (χ0n) is 13.0. The van der Waals surface area contributed by atoms with Crippen LogP contribution in [0.5, 0.6) is 0 Å². The second-order valence-electron chi connectivity index (χ2n) is 5.88. The van der Waals surface area contributed by atoms with Gasteiger partial charge in [-0.15, -0.1) is 0 Å². The molecule has 1 atom stereocenters. The Labute approximate surface area is 136 Å². The van der Waals surface area contributed by atoms with Gasteiger partial charge in [0.15, 0.2) is 11.0 Å². The maximum atomic E-state index is 6.20. The molecule has 1 aromatic heterocycles. The third kappa shape index (κ3) is 3.57. The summed E-state index contributed by atoms with van der Waals surface area (Å²) in [6, 6.07) is 11.0. The van der Waals surface area contributed by atoms with Gasteiger partial charge in [0.2, 0.25) is 0 Å². The van der Waals surface area contributed by atoms with Crippen LogP contribution in [0.4, 0.5) is 5.82 Å².